The van der Waals surface area contributed by atoms with Gasteiger partial charge in [0, 0.05) is 6.42 Å². The quantitative estimate of drug-likeness (QED) is 0.0155. The van der Waals surface area contributed by atoms with Gasteiger partial charge in [-0.2, -0.15) is 0 Å². The third-order valence-electron chi connectivity index (χ3n) is 9.45. The number of nitrogens with zero attached hydrogens (tertiary/aromatic N) is 1. The SMILES string of the molecule is CCCCC/C=C\C[C@@H](O)[C@H](O)CCCCCCCC(=O)OC[C@H](COP(=O)([O-])OCC[N+](C)(C)C)O/C=C/CCCCCCCC/C=C\CCCCCC. The average molecular weight is 802 g/mol. The van der Waals surface area contributed by atoms with Gasteiger partial charge in [-0.1, -0.05) is 122 Å². The van der Waals surface area contributed by atoms with Crippen LogP contribution in [0.2, 0.25) is 0 Å². The fourth-order valence-electron chi connectivity index (χ4n) is 5.78. The molecular formula is C44H84NO9P. The molecule has 0 aromatic rings. The van der Waals surface area contributed by atoms with E-state index >= 15 is 0 Å². The number of hydrogen-bond donors (Lipinski definition) is 2. The molecule has 11 heteroatoms. The van der Waals surface area contributed by atoms with Gasteiger partial charge < -0.3 is 38.1 Å². The predicted octanol–water partition coefficient (Wildman–Crippen LogP) is 10.3. The van der Waals surface area contributed by atoms with Crippen molar-refractivity contribution < 1.29 is 47.5 Å². The summed E-state index contributed by atoms with van der Waals surface area (Å²) in [5.74, 6) is -0.373. The van der Waals surface area contributed by atoms with Crippen molar-refractivity contribution in [2.75, 3.05) is 47.5 Å². The minimum Gasteiger partial charge on any atom is -0.756 e. The molecule has 0 aliphatic carbocycles. The summed E-state index contributed by atoms with van der Waals surface area (Å²) in [5, 5.41) is 20.4. The van der Waals surface area contributed by atoms with E-state index in [2.05, 4.69) is 32.1 Å². The summed E-state index contributed by atoms with van der Waals surface area (Å²) in [7, 11) is 1.27. The maximum atomic E-state index is 12.5. The summed E-state index contributed by atoms with van der Waals surface area (Å²) in [6, 6.07) is 0. The minimum absolute atomic E-state index is 0.000316. The number of likely N-dealkylation sites (N-methyl/N-ethyl adjacent to an activating group) is 1. The van der Waals surface area contributed by atoms with Crippen molar-refractivity contribution in [1.29, 1.82) is 0 Å². The van der Waals surface area contributed by atoms with E-state index in [4.69, 9.17) is 18.5 Å². The third-order valence-corrected chi connectivity index (χ3v) is 10.4. The lowest BCUT2D eigenvalue weighted by Gasteiger charge is -2.28. The molecule has 4 atom stereocenters. The summed E-state index contributed by atoms with van der Waals surface area (Å²) < 4.78 is 34.2. The molecule has 1 unspecified atom stereocenters. The van der Waals surface area contributed by atoms with E-state index in [9.17, 15) is 24.5 Å². The van der Waals surface area contributed by atoms with Crippen molar-refractivity contribution in [3.63, 3.8) is 0 Å². The van der Waals surface area contributed by atoms with Crippen molar-refractivity contribution in [2.24, 2.45) is 0 Å². The summed E-state index contributed by atoms with van der Waals surface area (Å²) in [5.41, 5.74) is 0. The van der Waals surface area contributed by atoms with E-state index in [0.29, 0.717) is 30.3 Å². The van der Waals surface area contributed by atoms with Crippen LogP contribution in [0.3, 0.4) is 0 Å². The predicted molar refractivity (Wildman–Crippen MR) is 224 cm³/mol. The number of carbonyl (C=O) groups is 1. The van der Waals surface area contributed by atoms with Crippen LogP contribution in [-0.4, -0.2) is 86.5 Å². The number of rotatable bonds is 40. The lowest BCUT2D eigenvalue weighted by molar-refractivity contribution is -0.870. The normalized spacial score (nSPS) is 15.2. The third kappa shape index (κ3) is 39.1. The molecule has 0 aromatic carbocycles. The van der Waals surface area contributed by atoms with Crippen LogP contribution in [0.1, 0.15) is 174 Å². The van der Waals surface area contributed by atoms with Gasteiger partial charge in [-0.25, -0.2) is 0 Å². The number of aliphatic hydroxyl groups is 2. The van der Waals surface area contributed by atoms with Gasteiger partial charge in [0.15, 0.2) is 6.10 Å². The zero-order chi connectivity index (χ0) is 40.9. The molecule has 0 rings (SSSR count). The molecule has 0 heterocycles. The molecule has 0 fully saturated rings. The van der Waals surface area contributed by atoms with Crippen LogP contribution in [0.25, 0.3) is 0 Å². The smallest absolute Gasteiger partial charge is 0.305 e. The minimum atomic E-state index is -4.55. The Labute approximate surface area is 337 Å². The number of hydrogen-bond acceptors (Lipinski definition) is 9. The number of phosphoric acid groups is 1. The Morgan fingerprint density at radius 2 is 1.16 bits per heavy atom. The van der Waals surface area contributed by atoms with Crippen molar-refractivity contribution in [3.05, 3.63) is 36.6 Å². The summed E-state index contributed by atoms with van der Waals surface area (Å²) in [6.45, 7) is 4.45. The van der Waals surface area contributed by atoms with Gasteiger partial charge in [-0.3, -0.25) is 9.36 Å². The van der Waals surface area contributed by atoms with Crippen LogP contribution in [0, 0.1) is 0 Å². The van der Waals surface area contributed by atoms with Crippen LogP contribution in [-0.2, 0) is 27.9 Å². The highest BCUT2D eigenvalue weighted by Gasteiger charge is 2.19. The molecule has 324 valence electrons. The number of unbranched alkanes of at least 4 members (excludes halogenated alkanes) is 18. The Morgan fingerprint density at radius 1 is 0.655 bits per heavy atom. The van der Waals surface area contributed by atoms with Gasteiger partial charge in [0.05, 0.1) is 46.2 Å². The van der Waals surface area contributed by atoms with E-state index in [1.807, 2.05) is 33.3 Å². The van der Waals surface area contributed by atoms with Gasteiger partial charge in [-0.05, 0) is 76.7 Å². The monoisotopic (exact) mass is 802 g/mol. The first kappa shape index (κ1) is 53.5. The number of quaternary nitrogens is 1. The molecule has 0 saturated heterocycles. The second-order valence-electron chi connectivity index (χ2n) is 16.1. The molecule has 0 amide bonds. The van der Waals surface area contributed by atoms with Gasteiger partial charge >= 0.3 is 5.97 Å². The maximum absolute atomic E-state index is 12.5. The molecule has 10 nitrogen and oxygen atoms in total. The van der Waals surface area contributed by atoms with Gasteiger partial charge in [0.2, 0.25) is 0 Å². The number of ether oxygens (including phenoxy) is 2. The standard InChI is InChI=1S/C44H84NO9P/c1-6-8-10-12-14-15-16-17-18-19-20-21-22-23-28-32-37-51-41(40-54-55(49,50)53-38-36-45(3,4)5)39-52-44(48)35-31-27-24-26-30-34-43(47)42(46)33-29-25-13-11-9-7-2/h15-16,25,29,32,37,41-43,46-47H,6-14,17-24,26-28,30-31,33-36,38-40H2,1-5H3/b16-15-,29-25-,37-32+/t41-,42-,43-/m1/s1. The molecule has 2 N–H and O–H groups in total. The van der Waals surface area contributed by atoms with E-state index in [0.717, 1.165) is 57.8 Å². The lowest BCUT2D eigenvalue weighted by atomic mass is 10.0. The molecule has 0 spiro atoms. The Hall–Kier alpha value is -1.52. The average Bonchev–Trinajstić information content (AvgIpc) is 3.13. The number of carbonyl (C=O) groups excluding carboxylic acids is 1. The topological polar surface area (TPSA) is 135 Å². The molecule has 0 radical (unpaired) electrons. The van der Waals surface area contributed by atoms with Crippen molar-refractivity contribution in [2.45, 2.75) is 193 Å². The van der Waals surface area contributed by atoms with Gasteiger partial charge in [-0.15, -0.1) is 0 Å². The molecular weight excluding hydrogens is 717 g/mol. The zero-order valence-corrected chi connectivity index (χ0v) is 36.7. The first-order chi connectivity index (χ1) is 26.4. The van der Waals surface area contributed by atoms with Crippen LogP contribution in [0.4, 0.5) is 0 Å². The molecule has 0 saturated carbocycles. The Kier molecular flexibility index (Phi) is 35.8. The Balaban J connectivity index is 4.42. The second-order valence-corrected chi connectivity index (χ2v) is 17.5. The van der Waals surface area contributed by atoms with Crippen LogP contribution < -0.4 is 4.89 Å². The molecule has 55 heavy (non-hydrogen) atoms. The zero-order valence-electron chi connectivity index (χ0n) is 35.8. The first-order valence-corrected chi connectivity index (χ1v) is 23.4. The fraction of sp³-hybridized carbons (Fsp3) is 0.841. The fourth-order valence-corrected chi connectivity index (χ4v) is 6.51. The summed E-state index contributed by atoms with van der Waals surface area (Å²) >= 11 is 0. The highest BCUT2D eigenvalue weighted by Crippen LogP contribution is 2.38. The van der Waals surface area contributed by atoms with E-state index in [1.54, 1.807) is 6.26 Å². The number of phosphoric ester groups is 1. The first-order valence-electron chi connectivity index (χ1n) is 21.9. The van der Waals surface area contributed by atoms with Crippen molar-refractivity contribution in [1.82, 2.24) is 0 Å². The Bertz CT molecular complexity index is 1010. The molecule has 0 aromatic heterocycles. The lowest BCUT2D eigenvalue weighted by Crippen LogP contribution is -2.37. The summed E-state index contributed by atoms with van der Waals surface area (Å²) in [4.78, 5) is 24.8. The number of allylic oxidation sites excluding steroid dienone is 4. The second kappa shape index (κ2) is 36.8. The molecule has 0 bridgehead atoms. The largest absolute Gasteiger partial charge is 0.756 e. The van der Waals surface area contributed by atoms with E-state index < -0.39 is 26.1 Å². The highest BCUT2D eigenvalue weighted by atomic mass is 31.2. The number of esters is 1. The van der Waals surface area contributed by atoms with Crippen molar-refractivity contribution >= 4 is 13.8 Å². The van der Waals surface area contributed by atoms with Crippen LogP contribution in [0.5, 0.6) is 0 Å². The van der Waals surface area contributed by atoms with Gasteiger partial charge in [0.1, 0.15) is 19.8 Å². The molecule has 0 aliphatic rings. The van der Waals surface area contributed by atoms with Crippen molar-refractivity contribution in [3.8, 4) is 0 Å². The molecule has 0 aliphatic heterocycles. The van der Waals surface area contributed by atoms with Crippen LogP contribution in [0.15, 0.2) is 36.6 Å². The van der Waals surface area contributed by atoms with E-state index in [1.165, 1.54) is 77.0 Å². The highest BCUT2D eigenvalue weighted by molar-refractivity contribution is 7.45. The van der Waals surface area contributed by atoms with E-state index in [-0.39, 0.29) is 32.2 Å². The number of aliphatic hydroxyl groups excluding tert-OH is 2. The maximum Gasteiger partial charge on any atom is 0.305 e. The summed E-state index contributed by atoms with van der Waals surface area (Å²) in [6.07, 6.45) is 35.6. The van der Waals surface area contributed by atoms with Gasteiger partial charge in [0.25, 0.3) is 7.82 Å². The Morgan fingerprint density at radius 3 is 1.78 bits per heavy atom. The van der Waals surface area contributed by atoms with Crippen LogP contribution >= 0.6 is 7.82 Å².